The van der Waals surface area contributed by atoms with Crippen molar-refractivity contribution in [2.24, 2.45) is 5.11 Å². The number of aliphatic hydroxyl groups is 2. The molecule has 2 unspecified atom stereocenters. The number of aliphatic hydroxyl groups excluding tert-OH is 2. The van der Waals surface area contributed by atoms with Gasteiger partial charge in [-0.15, -0.1) is 0 Å². The molecule has 0 aliphatic rings. The molecule has 0 aromatic heterocycles. The molecule has 19 heavy (non-hydrogen) atoms. The minimum absolute atomic E-state index is 0.0361. The first-order chi connectivity index (χ1) is 9.01. The molecule has 2 N–H and O–H groups in total. The Bertz CT molecular complexity index is 517. The first-order valence-electron chi connectivity index (χ1n) is 5.26. The third-order valence-corrected chi connectivity index (χ3v) is 2.43. The summed E-state index contributed by atoms with van der Waals surface area (Å²) in [7, 11) is 1.16. The maximum Gasteiger partial charge on any atom is 0.337 e. The Morgan fingerprint density at radius 3 is 2.84 bits per heavy atom. The van der Waals surface area contributed by atoms with Gasteiger partial charge in [0.15, 0.2) is 0 Å². The van der Waals surface area contributed by atoms with E-state index in [4.69, 9.17) is 5.53 Å². The standard InChI is InChI=1S/C11H12FN3O4/c1-19-11(18)6-2-3-8(12)7(4-6)10(17)9(16)5-14-15-13/h2-4,9-10,16-17H,5H2,1H3. The molecular weight excluding hydrogens is 257 g/mol. The van der Waals surface area contributed by atoms with E-state index in [1.165, 1.54) is 6.07 Å². The van der Waals surface area contributed by atoms with E-state index in [0.717, 1.165) is 19.2 Å². The molecule has 0 radical (unpaired) electrons. The number of esters is 1. The first kappa shape index (κ1) is 14.9. The molecule has 8 heteroatoms. The van der Waals surface area contributed by atoms with Crippen molar-refractivity contribution >= 4 is 5.97 Å². The van der Waals surface area contributed by atoms with Gasteiger partial charge in [-0.05, 0) is 23.7 Å². The summed E-state index contributed by atoms with van der Waals surface area (Å²) < 4.78 is 18.0. The highest BCUT2D eigenvalue weighted by Gasteiger charge is 2.22. The maximum absolute atomic E-state index is 13.5. The van der Waals surface area contributed by atoms with Gasteiger partial charge in [0.05, 0.1) is 25.3 Å². The molecule has 0 saturated carbocycles. The number of carbonyl (C=O) groups is 1. The van der Waals surface area contributed by atoms with Crippen LogP contribution in [0.5, 0.6) is 0 Å². The van der Waals surface area contributed by atoms with E-state index in [2.05, 4.69) is 14.8 Å². The van der Waals surface area contributed by atoms with Crippen LogP contribution in [0.25, 0.3) is 10.4 Å². The number of rotatable bonds is 5. The van der Waals surface area contributed by atoms with Gasteiger partial charge < -0.3 is 14.9 Å². The summed E-state index contributed by atoms with van der Waals surface area (Å²) in [5, 5.41) is 22.3. The second-order valence-corrected chi connectivity index (χ2v) is 3.65. The number of halogens is 1. The molecular formula is C11H12FN3O4. The van der Waals surface area contributed by atoms with Crippen molar-refractivity contribution in [1.82, 2.24) is 0 Å². The van der Waals surface area contributed by atoms with E-state index in [0.29, 0.717) is 0 Å². The minimum Gasteiger partial charge on any atom is -0.465 e. The Labute approximate surface area is 107 Å². The number of methoxy groups -OCH3 is 1. The topological polar surface area (TPSA) is 116 Å². The molecule has 0 heterocycles. The Hall–Kier alpha value is -2.15. The summed E-state index contributed by atoms with van der Waals surface area (Å²) in [6.45, 7) is -0.417. The fourth-order valence-corrected chi connectivity index (χ4v) is 1.44. The van der Waals surface area contributed by atoms with E-state index in [9.17, 15) is 19.4 Å². The largest absolute Gasteiger partial charge is 0.465 e. The molecule has 0 aliphatic heterocycles. The molecule has 0 fully saturated rings. The smallest absolute Gasteiger partial charge is 0.337 e. The van der Waals surface area contributed by atoms with Crippen LogP contribution in [0.2, 0.25) is 0 Å². The highest BCUT2D eigenvalue weighted by atomic mass is 19.1. The van der Waals surface area contributed by atoms with Crippen LogP contribution in [0.4, 0.5) is 4.39 Å². The molecule has 0 saturated heterocycles. The minimum atomic E-state index is -1.62. The number of nitrogens with zero attached hydrogens (tertiary/aromatic N) is 3. The fourth-order valence-electron chi connectivity index (χ4n) is 1.44. The van der Waals surface area contributed by atoms with Crippen LogP contribution in [-0.2, 0) is 4.74 Å². The lowest BCUT2D eigenvalue weighted by molar-refractivity contribution is 0.0221. The van der Waals surface area contributed by atoms with Gasteiger partial charge in [-0.2, -0.15) is 0 Å². The number of carbonyl (C=O) groups excluding carboxylic acids is 1. The molecule has 0 amide bonds. The number of ether oxygens (including phenoxy) is 1. The summed E-state index contributed by atoms with van der Waals surface area (Å²) in [4.78, 5) is 13.7. The Balaban J connectivity index is 3.04. The zero-order chi connectivity index (χ0) is 14.4. The van der Waals surface area contributed by atoms with Gasteiger partial charge in [-0.3, -0.25) is 0 Å². The molecule has 0 bridgehead atoms. The van der Waals surface area contributed by atoms with Crippen molar-refractivity contribution in [3.05, 3.63) is 45.6 Å². The van der Waals surface area contributed by atoms with E-state index in [-0.39, 0.29) is 11.1 Å². The summed E-state index contributed by atoms with van der Waals surface area (Å²) in [5.74, 6) is -1.49. The van der Waals surface area contributed by atoms with Gasteiger partial charge in [-0.1, -0.05) is 5.11 Å². The summed E-state index contributed by atoms with van der Waals surface area (Å²) in [5.41, 5.74) is 7.86. The van der Waals surface area contributed by atoms with Crippen molar-refractivity contribution in [3.63, 3.8) is 0 Å². The monoisotopic (exact) mass is 269 g/mol. The third kappa shape index (κ3) is 3.65. The summed E-state index contributed by atoms with van der Waals surface area (Å²) in [6.07, 6.45) is -3.09. The third-order valence-electron chi connectivity index (χ3n) is 2.43. The van der Waals surface area contributed by atoms with Gasteiger partial charge >= 0.3 is 5.97 Å². The van der Waals surface area contributed by atoms with Gasteiger partial charge in [0.25, 0.3) is 0 Å². The lowest BCUT2D eigenvalue weighted by Gasteiger charge is -2.17. The SMILES string of the molecule is COC(=O)c1ccc(F)c(C(O)C(O)CN=[N+]=[N-])c1. The molecule has 7 nitrogen and oxygen atoms in total. The van der Waals surface area contributed by atoms with Crippen LogP contribution in [0.3, 0.4) is 0 Å². The van der Waals surface area contributed by atoms with Crippen molar-refractivity contribution in [2.45, 2.75) is 12.2 Å². The number of benzene rings is 1. The predicted octanol–water partition coefficient (Wildman–Crippen LogP) is 1.32. The van der Waals surface area contributed by atoms with Crippen LogP contribution in [0, 0.1) is 5.82 Å². The van der Waals surface area contributed by atoms with Crippen molar-refractivity contribution < 1.29 is 24.1 Å². The fraction of sp³-hybridized carbons (Fsp3) is 0.364. The van der Waals surface area contributed by atoms with Crippen molar-refractivity contribution in [3.8, 4) is 0 Å². The average Bonchev–Trinajstić information content (AvgIpc) is 2.43. The van der Waals surface area contributed by atoms with Crippen LogP contribution in [-0.4, -0.2) is 35.9 Å². The van der Waals surface area contributed by atoms with Crippen molar-refractivity contribution in [2.75, 3.05) is 13.7 Å². The highest BCUT2D eigenvalue weighted by molar-refractivity contribution is 5.89. The van der Waals surface area contributed by atoms with Crippen molar-refractivity contribution in [1.29, 1.82) is 0 Å². The Morgan fingerprint density at radius 2 is 2.26 bits per heavy atom. The van der Waals surface area contributed by atoms with E-state index < -0.39 is 30.5 Å². The van der Waals surface area contributed by atoms with Crippen LogP contribution >= 0.6 is 0 Å². The molecule has 2 atom stereocenters. The Morgan fingerprint density at radius 1 is 1.58 bits per heavy atom. The van der Waals surface area contributed by atoms with Gasteiger partial charge in [-0.25, -0.2) is 9.18 Å². The normalized spacial score (nSPS) is 13.3. The maximum atomic E-state index is 13.5. The second kappa shape index (κ2) is 6.69. The molecule has 1 aromatic rings. The van der Waals surface area contributed by atoms with Crippen LogP contribution < -0.4 is 0 Å². The van der Waals surface area contributed by atoms with E-state index >= 15 is 0 Å². The number of azide groups is 1. The first-order valence-corrected chi connectivity index (χ1v) is 5.26. The van der Waals surface area contributed by atoms with E-state index in [1.807, 2.05) is 0 Å². The quantitative estimate of drug-likeness (QED) is 0.363. The van der Waals surface area contributed by atoms with Gasteiger partial charge in [0.2, 0.25) is 0 Å². The lowest BCUT2D eigenvalue weighted by Crippen LogP contribution is -2.22. The average molecular weight is 269 g/mol. The number of hydrogen-bond acceptors (Lipinski definition) is 5. The molecule has 0 spiro atoms. The van der Waals surface area contributed by atoms with E-state index in [1.54, 1.807) is 0 Å². The summed E-state index contributed by atoms with van der Waals surface area (Å²) in [6, 6.07) is 3.24. The molecule has 0 aliphatic carbocycles. The lowest BCUT2D eigenvalue weighted by atomic mass is 10.0. The molecule has 102 valence electrons. The van der Waals surface area contributed by atoms with Crippen LogP contribution in [0.1, 0.15) is 22.0 Å². The molecule has 1 aromatic carbocycles. The second-order valence-electron chi connectivity index (χ2n) is 3.65. The highest BCUT2D eigenvalue weighted by Crippen LogP contribution is 2.22. The zero-order valence-corrected chi connectivity index (χ0v) is 10.0. The zero-order valence-electron chi connectivity index (χ0n) is 10.0. The molecule has 1 rings (SSSR count). The predicted molar refractivity (Wildman–Crippen MR) is 62.7 cm³/mol. The summed E-state index contributed by atoms with van der Waals surface area (Å²) >= 11 is 0. The number of hydrogen-bond donors (Lipinski definition) is 2. The van der Waals surface area contributed by atoms with Crippen LogP contribution in [0.15, 0.2) is 23.3 Å². The van der Waals surface area contributed by atoms with Gasteiger partial charge in [0, 0.05) is 10.5 Å². The van der Waals surface area contributed by atoms with Gasteiger partial charge in [0.1, 0.15) is 11.9 Å². The Kier molecular flexibility index (Phi) is 5.25.